The Morgan fingerprint density at radius 2 is 1.28 bits per heavy atom. The molecule has 1 nitrogen and oxygen atoms in total. The Hall–Kier alpha value is -0.510. The number of rotatable bonds is 13. The summed E-state index contributed by atoms with van der Waals surface area (Å²) in [7, 11) is 0. The molecule has 0 aliphatic carbocycles. The quantitative estimate of drug-likeness (QED) is 0.355. The topological polar surface area (TPSA) is 23.8 Å². The van der Waals surface area contributed by atoms with Crippen molar-refractivity contribution in [2.45, 2.75) is 97.3 Å². The smallest absolute Gasteiger partial charge is 0.0621 e. The predicted molar refractivity (Wildman–Crippen MR) is 80.5 cm³/mol. The first kappa shape index (κ1) is 17.5. The number of hydrogen-bond acceptors (Lipinski definition) is 1. The van der Waals surface area contributed by atoms with Gasteiger partial charge in [0.15, 0.2) is 0 Å². The van der Waals surface area contributed by atoms with Gasteiger partial charge in [0.05, 0.1) is 6.07 Å². The van der Waals surface area contributed by atoms with Gasteiger partial charge in [0, 0.05) is 6.42 Å². The van der Waals surface area contributed by atoms with E-state index in [4.69, 9.17) is 5.26 Å². The molecule has 0 amide bonds. The fourth-order valence-corrected chi connectivity index (χ4v) is 2.44. The van der Waals surface area contributed by atoms with Crippen LogP contribution in [0.2, 0.25) is 0 Å². The molecule has 0 aromatic carbocycles. The summed E-state index contributed by atoms with van der Waals surface area (Å²) >= 11 is 0. The Balaban J connectivity index is 3.05. The summed E-state index contributed by atoms with van der Waals surface area (Å²) in [6.45, 7) is 4.56. The van der Waals surface area contributed by atoms with Gasteiger partial charge in [0.25, 0.3) is 0 Å². The first-order chi connectivity index (χ1) is 8.81. The van der Waals surface area contributed by atoms with Crippen LogP contribution in [-0.2, 0) is 0 Å². The van der Waals surface area contributed by atoms with Gasteiger partial charge in [-0.1, -0.05) is 84.5 Å². The molecule has 0 fully saturated rings. The molecule has 0 N–H and O–H groups in total. The second-order valence-electron chi connectivity index (χ2n) is 5.77. The van der Waals surface area contributed by atoms with E-state index in [1.165, 1.54) is 70.6 Å². The Kier molecular flexibility index (Phi) is 14.1. The van der Waals surface area contributed by atoms with Crippen molar-refractivity contribution >= 4 is 0 Å². The van der Waals surface area contributed by atoms with Crippen LogP contribution in [0.5, 0.6) is 0 Å². The summed E-state index contributed by atoms with van der Waals surface area (Å²) in [5.41, 5.74) is 0. The number of unbranched alkanes of at least 4 members (excludes halogenated alkanes) is 9. The molecule has 0 bridgehead atoms. The van der Waals surface area contributed by atoms with Crippen LogP contribution in [0.4, 0.5) is 0 Å². The molecular formula is C17H33N. The van der Waals surface area contributed by atoms with Crippen molar-refractivity contribution in [1.29, 1.82) is 5.26 Å². The minimum absolute atomic E-state index is 0.735. The summed E-state index contributed by atoms with van der Waals surface area (Å²) in [5, 5.41) is 8.51. The van der Waals surface area contributed by atoms with E-state index in [0.29, 0.717) is 0 Å². The van der Waals surface area contributed by atoms with Crippen molar-refractivity contribution in [2.24, 2.45) is 5.92 Å². The third-order valence-electron chi connectivity index (χ3n) is 3.80. The molecule has 0 heterocycles. The SMILES string of the molecule is CCCCCCCCCCCCC(C)CCC#N. The minimum atomic E-state index is 0.735. The van der Waals surface area contributed by atoms with Gasteiger partial charge in [0.1, 0.15) is 0 Å². The summed E-state index contributed by atoms with van der Waals surface area (Å²) in [6, 6.07) is 2.24. The highest BCUT2D eigenvalue weighted by molar-refractivity contribution is 4.70. The van der Waals surface area contributed by atoms with Crippen LogP contribution in [0.3, 0.4) is 0 Å². The number of nitriles is 1. The summed E-state index contributed by atoms with van der Waals surface area (Å²) in [5.74, 6) is 0.749. The fourth-order valence-electron chi connectivity index (χ4n) is 2.44. The maximum absolute atomic E-state index is 8.51. The largest absolute Gasteiger partial charge is 0.198 e. The van der Waals surface area contributed by atoms with Crippen LogP contribution in [-0.4, -0.2) is 0 Å². The number of nitrogens with zero attached hydrogens (tertiary/aromatic N) is 1. The Labute approximate surface area is 115 Å². The van der Waals surface area contributed by atoms with Crippen LogP contribution in [0.25, 0.3) is 0 Å². The summed E-state index contributed by atoms with van der Waals surface area (Å²) < 4.78 is 0. The van der Waals surface area contributed by atoms with E-state index in [1.807, 2.05) is 0 Å². The zero-order valence-corrected chi connectivity index (χ0v) is 12.7. The second kappa shape index (κ2) is 14.6. The molecular weight excluding hydrogens is 218 g/mol. The highest BCUT2D eigenvalue weighted by Gasteiger charge is 2.01. The first-order valence-electron chi connectivity index (χ1n) is 8.18. The third-order valence-corrected chi connectivity index (χ3v) is 3.80. The first-order valence-corrected chi connectivity index (χ1v) is 8.18. The lowest BCUT2D eigenvalue weighted by Gasteiger charge is -2.08. The zero-order chi connectivity index (χ0) is 13.5. The molecule has 0 aliphatic heterocycles. The van der Waals surface area contributed by atoms with Gasteiger partial charge in [-0.25, -0.2) is 0 Å². The van der Waals surface area contributed by atoms with E-state index in [1.54, 1.807) is 0 Å². The molecule has 0 saturated heterocycles. The van der Waals surface area contributed by atoms with Gasteiger partial charge in [0.2, 0.25) is 0 Å². The van der Waals surface area contributed by atoms with Crippen molar-refractivity contribution in [3.05, 3.63) is 0 Å². The fraction of sp³-hybridized carbons (Fsp3) is 0.941. The normalized spacial score (nSPS) is 12.3. The molecule has 0 aliphatic rings. The van der Waals surface area contributed by atoms with Gasteiger partial charge < -0.3 is 0 Å². The van der Waals surface area contributed by atoms with Gasteiger partial charge >= 0.3 is 0 Å². The van der Waals surface area contributed by atoms with Crippen molar-refractivity contribution < 1.29 is 0 Å². The lowest BCUT2D eigenvalue weighted by atomic mass is 9.97. The highest BCUT2D eigenvalue weighted by atomic mass is 14.2. The van der Waals surface area contributed by atoms with Crippen LogP contribution in [0, 0.1) is 17.2 Å². The van der Waals surface area contributed by atoms with E-state index in [-0.39, 0.29) is 0 Å². The molecule has 1 unspecified atom stereocenters. The summed E-state index contributed by atoms with van der Waals surface area (Å²) in [6.07, 6.45) is 17.3. The van der Waals surface area contributed by atoms with Crippen molar-refractivity contribution in [1.82, 2.24) is 0 Å². The van der Waals surface area contributed by atoms with Crippen LogP contribution < -0.4 is 0 Å². The predicted octanol–water partition coefficient (Wildman–Crippen LogP) is 6.24. The van der Waals surface area contributed by atoms with Crippen LogP contribution in [0.15, 0.2) is 0 Å². The van der Waals surface area contributed by atoms with Gasteiger partial charge in [-0.05, 0) is 12.3 Å². The molecule has 0 radical (unpaired) electrons. The second-order valence-corrected chi connectivity index (χ2v) is 5.77. The molecule has 18 heavy (non-hydrogen) atoms. The standard InChI is InChI=1S/C17H33N/c1-3-4-5-6-7-8-9-10-11-12-14-17(2)15-13-16-18/h17H,3-15H2,1-2H3. The average molecular weight is 251 g/mol. The van der Waals surface area contributed by atoms with Gasteiger partial charge in [-0.15, -0.1) is 0 Å². The average Bonchev–Trinajstić information content (AvgIpc) is 2.38. The molecule has 0 spiro atoms. The summed E-state index contributed by atoms with van der Waals surface area (Å²) in [4.78, 5) is 0. The lowest BCUT2D eigenvalue weighted by molar-refractivity contribution is 0.458. The molecule has 0 saturated carbocycles. The molecule has 1 atom stereocenters. The maximum atomic E-state index is 8.51. The monoisotopic (exact) mass is 251 g/mol. The zero-order valence-electron chi connectivity index (χ0n) is 12.7. The van der Waals surface area contributed by atoms with Crippen molar-refractivity contribution in [3.8, 4) is 6.07 Å². The van der Waals surface area contributed by atoms with E-state index < -0.39 is 0 Å². The molecule has 0 aromatic heterocycles. The maximum Gasteiger partial charge on any atom is 0.0621 e. The molecule has 1 heteroatoms. The van der Waals surface area contributed by atoms with E-state index >= 15 is 0 Å². The molecule has 0 rings (SSSR count). The van der Waals surface area contributed by atoms with Crippen molar-refractivity contribution in [3.63, 3.8) is 0 Å². The van der Waals surface area contributed by atoms with Gasteiger partial charge in [-0.3, -0.25) is 0 Å². The lowest BCUT2D eigenvalue weighted by Crippen LogP contribution is -1.94. The van der Waals surface area contributed by atoms with E-state index in [9.17, 15) is 0 Å². The highest BCUT2D eigenvalue weighted by Crippen LogP contribution is 2.16. The van der Waals surface area contributed by atoms with E-state index in [2.05, 4.69) is 19.9 Å². The minimum Gasteiger partial charge on any atom is -0.198 e. The van der Waals surface area contributed by atoms with E-state index in [0.717, 1.165) is 18.8 Å². The third kappa shape index (κ3) is 13.6. The Morgan fingerprint density at radius 1 is 0.778 bits per heavy atom. The van der Waals surface area contributed by atoms with Gasteiger partial charge in [-0.2, -0.15) is 5.26 Å². The Bertz CT molecular complexity index is 192. The van der Waals surface area contributed by atoms with Crippen molar-refractivity contribution in [2.75, 3.05) is 0 Å². The molecule has 106 valence electrons. The van der Waals surface area contributed by atoms with Crippen LogP contribution >= 0.6 is 0 Å². The van der Waals surface area contributed by atoms with Crippen LogP contribution in [0.1, 0.15) is 97.3 Å². The Morgan fingerprint density at radius 3 is 1.78 bits per heavy atom. The molecule has 0 aromatic rings. The number of hydrogen-bond donors (Lipinski definition) is 0.